The third-order valence-corrected chi connectivity index (χ3v) is 5.26. The Morgan fingerprint density at radius 1 is 0.964 bits per heavy atom. The first-order chi connectivity index (χ1) is 13.7. The number of nitrogens with one attached hydrogen (secondary N) is 1. The summed E-state index contributed by atoms with van der Waals surface area (Å²) in [6, 6.07) is 16.7. The molecule has 1 aliphatic rings. The fraction of sp³-hybridized carbons (Fsp3) is 0.458. The second kappa shape index (κ2) is 10.7. The average molecular weight is 381 g/mol. The SMILES string of the molecule is Cc1ccc(OCC(=O)NCCCc2ccc(N3CCCCCC3)cc2)cc1. The molecule has 0 unspecified atom stereocenters. The maximum atomic E-state index is 11.9. The Balaban J connectivity index is 1.33. The molecular weight excluding hydrogens is 348 g/mol. The Bertz CT molecular complexity index is 717. The topological polar surface area (TPSA) is 41.6 Å². The molecule has 0 bridgehead atoms. The van der Waals surface area contributed by atoms with Gasteiger partial charge in [0.15, 0.2) is 6.61 Å². The van der Waals surface area contributed by atoms with Gasteiger partial charge in [0.2, 0.25) is 0 Å². The Kier molecular flexibility index (Phi) is 7.77. The number of amides is 1. The summed E-state index contributed by atoms with van der Waals surface area (Å²) >= 11 is 0. The van der Waals surface area contributed by atoms with E-state index in [1.807, 2.05) is 31.2 Å². The quantitative estimate of drug-likeness (QED) is 0.686. The first-order valence-corrected chi connectivity index (χ1v) is 10.5. The number of carbonyl (C=O) groups excluding carboxylic acids is 1. The van der Waals surface area contributed by atoms with Gasteiger partial charge in [0, 0.05) is 25.3 Å². The molecule has 4 nitrogen and oxygen atoms in total. The van der Waals surface area contributed by atoms with Crippen LogP contribution in [0.4, 0.5) is 5.69 Å². The summed E-state index contributed by atoms with van der Waals surface area (Å²) in [5.41, 5.74) is 3.84. The van der Waals surface area contributed by atoms with Crippen LogP contribution in [0.15, 0.2) is 48.5 Å². The monoisotopic (exact) mass is 380 g/mol. The number of rotatable bonds is 8. The molecule has 1 saturated heterocycles. The average Bonchev–Trinajstić information content (AvgIpc) is 3.01. The van der Waals surface area contributed by atoms with E-state index in [1.165, 1.54) is 55.6 Å². The molecule has 2 aromatic rings. The maximum Gasteiger partial charge on any atom is 0.257 e. The first kappa shape index (κ1) is 20.2. The Morgan fingerprint density at radius 2 is 1.64 bits per heavy atom. The molecule has 28 heavy (non-hydrogen) atoms. The predicted molar refractivity (Wildman–Crippen MR) is 115 cm³/mol. The van der Waals surface area contributed by atoms with Crippen LogP contribution in [-0.4, -0.2) is 32.1 Å². The van der Waals surface area contributed by atoms with Crippen molar-refractivity contribution >= 4 is 11.6 Å². The maximum absolute atomic E-state index is 11.9. The zero-order valence-corrected chi connectivity index (χ0v) is 17.0. The molecule has 0 atom stereocenters. The zero-order valence-electron chi connectivity index (χ0n) is 17.0. The van der Waals surface area contributed by atoms with Crippen molar-refractivity contribution in [3.63, 3.8) is 0 Å². The number of nitrogens with zero attached hydrogens (tertiary/aromatic N) is 1. The van der Waals surface area contributed by atoms with E-state index in [-0.39, 0.29) is 12.5 Å². The van der Waals surface area contributed by atoms with E-state index >= 15 is 0 Å². The van der Waals surface area contributed by atoms with E-state index in [4.69, 9.17) is 4.74 Å². The number of aryl methyl sites for hydroxylation is 2. The Hall–Kier alpha value is -2.49. The van der Waals surface area contributed by atoms with E-state index in [1.54, 1.807) is 0 Å². The lowest BCUT2D eigenvalue weighted by atomic mass is 10.1. The largest absolute Gasteiger partial charge is 0.484 e. The molecule has 1 aliphatic heterocycles. The smallest absolute Gasteiger partial charge is 0.257 e. The van der Waals surface area contributed by atoms with Crippen molar-refractivity contribution in [1.82, 2.24) is 5.32 Å². The Labute approximate surface area is 168 Å². The molecule has 1 amide bonds. The second-order valence-electron chi connectivity index (χ2n) is 7.62. The molecular formula is C24H32N2O2. The standard InChI is InChI=1S/C24H32N2O2/c1-20-8-14-23(15-9-20)28-19-24(27)25-16-6-7-21-10-12-22(13-11-21)26-17-4-2-3-5-18-26/h8-15H,2-7,16-19H2,1H3,(H,25,27). The third kappa shape index (κ3) is 6.59. The van der Waals surface area contributed by atoms with Crippen LogP contribution >= 0.6 is 0 Å². The van der Waals surface area contributed by atoms with Crippen LogP contribution in [0.25, 0.3) is 0 Å². The number of ether oxygens (including phenoxy) is 1. The minimum absolute atomic E-state index is 0.0631. The molecule has 0 spiro atoms. The van der Waals surface area contributed by atoms with Crippen molar-refractivity contribution in [3.05, 3.63) is 59.7 Å². The molecule has 0 radical (unpaired) electrons. The van der Waals surface area contributed by atoms with Gasteiger partial charge < -0.3 is 15.0 Å². The van der Waals surface area contributed by atoms with Crippen LogP contribution in [0.1, 0.15) is 43.2 Å². The minimum atomic E-state index is -0.0721. The first-order valence-electron chi connectivity index (χ1n) is 10.5. The zero-order chi connectivity index (χ0) is 19.6. The van der Waals surface area contributed by atoms with E-state index in [2.05, 4.69) is 34.5 Å². The van der Waals surface area contributed by atoms with E-state index < -0.39 is 0 Å². The Morgan fingerprint density at radius 3 is 2.32 bits per heavy atom. The lowest BCUT2D eigenvalue weighted by molar-refractivity contribution is -0.123. The molecule has 150 valence electrons. The fourth-order valence-electron chi connectivity index (χ4n) is 3.56. The van der Waals surface area contributed by atoms with Gasteiger partial charge in [-0.3, -0.25) is 4.79 Å². The van der Waals surface area contributed by atoms with Gasteiger partial charge in [-0.2, -0.15) is 0 Å². The normalized spacial score (nSPS) is 14.4. The van der Waals surface area contributed by atoms with Crippen molar-refractivity contribution in [2.24, 2.45) is 0 Å². The number of anilines is 1. The third-order valence-electron chi connectivity index (χ3n) is 5.26. The summed E-state index contributed by atoms with van der Waals surface area (Å²) in [5.74, 6) is 0.655. The van der Waals surface area contributed by atoms with Crippen molar-refractivity contribution < 1.29 is 9.53 Å². The molecule has 4 heteroatoms. The van der Waals surface area contributed by atoms with E-state index in [9.17, 15) is 4.79 Å². The van der Waals surface area contributed by atoms with Crippen molar-refractivity contribution in [2.45, 2.75) is 45.4 Å². The molecule has 1 heterocycles. The fourth-order valence-corrected chi connectivity index (χ4v) is 3.56. The highest BCUT2D eigenvalue weighted by atomic mass is 16.5. The lowest BCUT2D eigenvalue weighted by Gasteiger charge is -2.22. The highest BCUT2D eigenvalue weighted by Crippen LogP contribution is 2.20. The number of carbonyl (C=O) groups is 1. The number of benzene rings is 2. The van der Waals surface area contributed by atoms with Gasteiger partial charge in [-0.05, 0) is 62.4 Å². The molecule has 2 aromatic carbocycles. The van der Waals surface area contributed by atoms with Crippen molar-refractivity contribution in [3.8, 4) is 5.75 Å². The van der Waals surface area contributed by atoms with Gasteiger partial charge in [-0.15, -0.1) is 0 Å². The van der Waals surface area contributed by atoms with Gasteiger partial charge in [0.1, 0.15) is 5.75 Å². The van der Waals surface area contributed by atoms with E-state index in [0.29, 0.717) is 6.54 Å². The second-order valence-corrected chi connectivity index (χ2v) is 7.62. The highest BCUT2D eigenvalue weighted by Gasteiger charge is 2.09. The van der Waals surface area contributed by atoms with Gasteiger partial charge in [0.05, 0.1) is 0 Å². The molecule has 1 N–H and O–H groups in total. The molecule has 3 rings (SSSR count). The number of hydrogen-bond acceptors (Lipinski definition) is 3. The molecule has 0 aromatic heterocycles. The molecule has 0 aliphatic carbocycles. The van der Waals surface area contributed by atoms with E-state index in [0.717, 1.165) is 18.6 Å². The summed E-state index contributed by atoms with van der Waals surface area (Å²) in [4.78, 5) is 14.4. The van der Waals surface area contributed by atoms with Gasteiger partial charge in [-0.1, -0.05) is 42.7 Å². The summed E-state index contributed by atoms with van der Waals surface area (Å²) in [7, 11) is 0. The van der Waals surface area contributed by atoms with Gasteiger partial charge in [0.25, 0.3) is 5.91 Å². The van der Waals surface area contributed by atoms with Crippen molar-refractivity contribution in [2.75, 3.05) is 31.1 Å². The van der Waals surface area contributed by atoms with Crippen LogP contribution in [0.3, 0.4) is 0 Å². The number of hydrogen-bond donors (Lipinski definition) is 1. The molecule has 0 saturated carbocycles. The van der Waals surface area contributed by atoms with Gasteiger partial charge >= 0.3 is 0 Å². The van der Waals surface area contributed by atoms with Gasteiger partial charge in [-0.25, -0.2) is 0 Å². The van der Waals surface area contributed by atoms with Crippen LogP contribution in [-0.2, 0) is 11.2 Å². The lowest BCUT2D eigenvalue weighted by Crippen LogP contribution is -2.29. The summed E-state index contributed by atoms with van der Waals surface area (Å²) in [6.07, 6.45) is 7.22. The van der Waals surface area contributed by atoms with Crippen LogP contribution in [0.2, 0.25) is 0 Å². The summed E-state index contributed by atoms with van der Waals surface area (Å²) in [6.45, 7) is 5.11. The molecule has 1 fully saturated rings. The van der Waals surface area contributed by atoms with Crippen LogP contribution < -0.4 is 15.0 Å². The highest BCUT2D eigenvalue weighted by molar-refractivity contribution is 5.77. The van der Waals surface area contributed by atoms with Crippen LogP contribution in [0.5, 0.6) is 5.75 Å². The summed E-state index contributed by atoms with van der Waals surface area (Å²) < 4.78 is 5.50. The predicted octanol–water partition coefficient (Wildman–Crippen LogP) is 4.50. The van der Waals surface area contributed by atoms with Crippen LogP contribution in [0, 0.1) is 6.92 Å². The van der Waals surface area contributed by atoms with Crippen molar-refractivity contribution in [1.29, 1.82) is 0 Å². The minimum Gasteiger partial charge on any atom is -0.484 e. The summed E-state index contributed by atoms with van der Waals surface area (Å²) in [5, 5.41) is 2.93.